The maximum absolute atomic E-state index is 12.8. The average molecular weight is 520 g/mol. The second-order valence-corrected chi connectivity index (χ2v) is 10.0. The monoisotopic (exact) mass is 519 g/mol. The zero-order valence-corrected chi connectivity index (χ0v) is 19.8. The lowest BCUT2D eigenvalue weighted by Crippen LogP contribution is -2.44. The SMILES string of the molecule is CCOC(=O)c1c(NC(=O)CN2C(=O)NC3(CCCC3)C2=O)sc(Br)c1-c1ccccc1. The minimum atomic E-state index is -0.875. The van der Waals surface area contributed by atoms with Crippen molar-refractivity contribution in [2.24, 2.45) is 0 Å². The number of nitrogens with zero attached hydrogens (tertiary/aromatic N) is 1. The van der Waals surface area contributed by atoms with Gasteiger partial charge in [0.1, 0.15) is 22.6 Å². The molecule has 1 spiro atoms. The topological polar surface area (TPSA) is 105 Å². The number of halogens is 1. The number of amides is 4. The van der Waals surface area contributed by atoms with Crippen molar-refractivity contribution in [1.29, 1.82) is 0 Å². The number of carbonyl (C=O) groups excluding carboxylic acids is 4. The Kier molecular flexibility index (Phi) is 6.34. The van der Waals surface area contributed by atoms with Crippen LogP contribution in [0, 0.1) is 0 Å². The van der Waals surface area contributed by atoms with E-state index >= 15 is 0 Å². The number of thiophene rings is 1. The van der Waals surface area contributed by atoms with E-state index in [-0.39, 0.29) is 18.1 Å². The molecule has 2 fully saturated rings. The van der Waals surface area contributed by atoms with Gasteiger partial charge in [0.2, 0.25) is 5.91 Å². The molecule has 0 atom stereocenters. The molecule has 2 aromatic rings. The molecule has 1 saturated carbocycles. The Balaban J connectivity index is 1.59. The molecule has 2 N–H and O–H groups in total. The summed E-state index contributed by atoms with van der Waals surface area (Å²) in [5.41, 5.74) is 0.758. The van der Waals surface area contributed by atoms with Crippen molar-refractivity contribution in [2.75, 3.05) is 18.5 Å². The summed E-state index contributed by atoms with van der Waals surface area (Å²) in [6.45, 7) is 1.46. The molecule has 1 aliphatic heterocycles. The van der Waals surface area contributed by atoms with E-state index in [9.17, 15) is 19.2 Å². The van der Waals surface area contributed by atoms with Gasteiger partial charge in [0.05, 0.1) is 10.4 Å². The highest BCUT2D eigenvalue weighted by Gasteiger charge is 2.52. The molecule has 2 aliphatic rings. The summed E-state index contributed by atoms with van der Waals surface area (Å²) in [5, 5.41) is 5.75. The van der Waals surface area contributed by atoms with E-state index in [0.29, 0.717) is 27.2 Å². The molecule has 168 valence electrons. The van der Waals surface area contributed by atoms with E-state index in [1.165, 1.54) is 11.3 Å². The number of hydrogen-bond donors (Lipinski definition) is 2. The van der Waals surface area contributed by atoms with Gasteiger partial charge in [0, 0.05) is 5.56 Å². The van der Waals surface area contributed by atoms with Crippen molar-refractivity contribution in [2.45, 2.75) is 38.1 Å². The van der Waals surface area contributed by atoms with E-state index in [4.69, 9.17) is 4.74 Å². The number of carbonyl (C=O) groups is 4. The predicted molar refractivity (Wildman–Crippen MR) is 123 cm³/mol. The summed E-state index contributed by atoms with van der Waals surface area (Å²) in [4.78, 5) is 51.7. The van der Waals surface area contributed by atoms with Crippen molar-refractivity contribution in [3.63, 3.8) is 0 Å². The molecule has 0 unspecified atom stereocenters. The van der Waals surface area contributed by atoms with Gasteiger partial charge >= 0.3 is 12.0 Å². The van der Waals surface area contributed by atoms with Crippen molar-refractivity contribution < 1.29 is 23.9 Å². The molecule has 0 radical (unpaired) electrons. The molecule has 4 amide bonds. The number of hydrogen-bond acceptors (Lipinski definition) is 6. The molecule has 0 bridgehead atoms. The van der Waals surface area contributed by atoms with Crippen LogP contribution < -0.4 is 10.6 Å². The Bertz CT molecular complexity index is 1080. The van der Waals surface area contributed by atoms with Gasteiger partial charge in [0.25, 0.3) is 5.91 Å². The smallest absolute Gasteiger partial charge is 0.341 e. The van der Waals surface area contributed by atoms with Crippen molar-refractivity contribution in [1.82, 2.24) is 10.2 Å². The molecule has 8 nitrogen and oxygen atoms in total. The number of nitrogens with one attached hydrogen (secondary N) is 2. The van der Waals surface area contributed by atoms with E-state index in [1.807, 2.05) is 30.3 Å². The Morgan fingerprint density at radius 2 is 1.91 bits per heavy atom. The highest BCUT2D eigenvalue weighted by atomic mass is 79.9. The van der Waals surface area contributed by atoms with Crippen molar-refractivity contribution >= 4 is 56.1 Å². The van der Waals surface area contributed by atoms with E-state index in [2.05, 4.69) is 26.6 Å². The first kappa shape index (κ1) is 22.5. The first-order valence-electron chi connectivity index (χ1n) is 10.3. The number of anilines is 1. The van der Waals surface area contributed by atoms with Crippen LogP contribution in [0.1, 0.15) is 43.0 Å². The van der Waals surface area contributed by atoms with E-state index < -0.39 is 30.0 Å². The van der Waals surface area contributed by atoms with Gasteiger partial charge in [-0.2, -0.15) is 0 Å². The van der Waals surface area contributed by atoms with Gasteiger partial charge in [-0.3, -0.25) is 14.5 Å². The van der Waals surface area contributed by atoms with Gasteiger partial charge in [0.15, 0.2) is 0 Å². The van der Waals surface area contributed by atoms with Crippen LogP contribution in [0.5, 0.6) is 0 Å². The summed E-state index contributed by atoms with van der Waals surface area (Å²) in [6, 6.07) is 8.72. The van der Waals surface area contributed by atoms with Crippen LogP contribution in [0.3, 0.4) is 0 Å². The Morgan fingerprint density at radius 1 is 1.22 bits per heavy atom. The molecule has 1 aromatic heterocycles. The summed E-state index contributed by atoms with van der Waals surface area (Å²) < 4.78 is 5.88. The standard InChI is InChI=1S/C22H22BrN3O5S/c1-2-31-19(28)16-15(13-8-4-3-5-9-13)17(23)32-18(16)24-14(27)12-26-20(29)22(25-21(26)30)10-6-7-11-22/h3-5,8-9H,2,6-7,10-12H2,1H3,(H,24,27)(H,25,30). The number of esters is 1. The Morgan fingerprint density at radius 3 is 2.56 bits per heavy atom. The van der Waals surface area contributed by atoms with Gasteiger partial charge in [-0.15, -0.1) is 11.3 Å². The fraction of sp³-hybridized carbons (Fsp3) is 0.364. The van der Waals surface area contributed by atoms with Crippen LogP contribution in [0.2, 0.25) is 0 Å². The van der Waals surface area contributed by atoms with Gasteiger partial charge in [-0.25, -0.2) is 9.59 Å². The van der Waals surface area contributed by atoms with E-state index in [0.717, 1.165) is 23.3 Å². The fourth-order valence-electron chi connectivity index (χ4n) is 4.20. The van der Waals surface area contributed by atoms with Crippen LogP contribution in [0.15, 0.2) is 34.1 Å². The van der Waals surface area contributed by atoms with Crippen LogP contribution in [-0.4, -0.2) is 47.4 Å². The highest BCUT2D eigenvalue weighted by Crippen LogP contribution is 2.44. The molecule has 1 saturated heterocycles. The summed E-state index contributed by atoms with van der Waals surface area (Å²) in [6.07, 6.45) is 2.89. The quantitative estimate of drug-likeness (QED) is 0.440. The first-order valence-corrected chi connectivity index (χ1v) is 12.0. The van der Waals surface area contributed by atoms with Gasteiger partial charge < -0.3 is 15.4 Å². The zero-order valence-electron chi connectivity index (χ0n) is 17.4. The van der Waals surface area contributed by atoms with Gasteiger partial charge in [-0.1, -0.05) is 43.2 Å². The number of urea groups is 1. The highest BCUT2D eigenvalue weighted by molar-refractivity contribution is 9.11. The van der Waals surface area contributed by atoms with Crippen LogP contribution >= 0.6 is 27.3 Å². The third kappa shape index (κ3) is 4.04. The number of imide groups is 1. The third-order valence-electron chi connectivity index (χ3n) is 5.66. The molecule has 1 aliphatic carbocycles. The largest absolute Gasteiger partial charge is 0.462 e. The van der Waals surface area contributed by atoms with E-state index in [1.54, 1.807) is 6.92 Å². The fourth-order valence-corrected chi connectivity index (χ4v) is 6.07. The molecule has 10 heteroatoms. The zero-order chi connectivity index (χ0) is 22.9. The maximum atomic E-state index is 12.8. The normalized spacial score (nSPS) is 17.0. The van der Waals surface area contributed by atoms with Crippen molar-refractivity contribution in [3.8, 4) is 11.1 Å². The lowest BCUT2D eigenvalue weighted by atomic mass is 9.98. The minimum absolute atomic E-state index is 0.179. The summed E-state index contributed by atoms with van der Waals surface area (Å²) in [7, 11) is 0. The number of benzene rings is 1. The lowest BCUT2D eigenvalue weighted by Gasteiger charge is -2.19. The minimum Gasteiger partial charge on any atom is -0.462 e. The van der Waals surface area contributed by atoms with Crippen LogP contribution in [0.25, 0.3) is 11.1 Å². The Hall–Kier alpha value is -2.72. The summed E-state index contributed by atoms with van der Waals surface area (Å²) in [5.74, 6) is -1.50. The average Bonchev–Trinajstić information content (AvgIpc) is 3.42. The first-order chi connectivity index (χ1) is 15.4. The third-order valence-corrected chi connectivity index (χ3v) is 7.44. The van der Waals surface area contributed by atoms with Crippen molar-refractivity contribution in [3.05, 3.63) is 39.7 Å². The molecule has 32 heavy (non-hydrogen) atoms. The number of ether oxygens (including phenoxy) is 1. The molecule has 1 aromatic carbocycles. The Labute approximate surface area is 197 Å². The second kappa shape index (κ2) is 9.03. The molecule has 4 rings (SSSR count). The van der Waals surface area contributed by atoms with Crippen LogP contribution in [-0.2, 0) is 14.3 Å². The molecular weight excluding hydrogens is 498 g/mol. The predicted octanol–water partition coefficient (Wildman–Crippen LogP) is 4.16. The molecular formula is C22H22BrN3O5S. The second-order valence-electron chi connectivity index (χ2n) is 7.70. The van der Waals surface area contributed by atoms with Crippen LogP contribution in [0.4, 0.5) is 9.80 Å². The maximum Gasteiger partial charge on any atom is 0.341 e. The molecule has 2 heterocycles. The lowest BCUT2D eigenvalue weighted by molar-refractivity contribution is -0.133. The number of rotatable bonds is 6. The van der Waals surface area contributed by atoms with Gasteiger partial charge in [-0.05, 0) is 41.3 Å². The summed E-state index contributed by atoms with van der Waals surface area (Å²) >= 11 is 4.67.